The van der Waals surface area contributed by atoms with Crippen LogP contribution in [0.4, 0.5) is 5.13 Å². The maximum atomic E-state index is 12.2. The van der Waals surface area contributed by atoms with Gasteiger partial charge in [-0.25, -0.2) is 9.78 Å². The minimum absolute atomic E-state index is 0.126. The first kappa shape index (κ1) is 16.7. The van der Waals surface area contributed by atoms with Crippen molar-refractivity contribution in [3.8, 4) is 11.5 Å². The van der Waals surface area contributed by atoms with Crippen LogP contribution in [-0.2, 0) is 4.74 Å². The van der Waals surface area contributed by atoms with Crippen LogP contribution in [0.3, 0.4) is 0 Å². The smallest absolute Gasteiger partial charge is 0.338 e. The quantitative estimate of drug-likeness (QED) is 0.642. The van der Waals surface area contributed by atoms with Crippen molar-refractivity contribution in [2.45, 2.75) is 6.10 Å². The molecule has 0 aliphatic carbocycles. The third kappa shape index (κ3) is 3.06. The lowest BCUT2D eigenvalue weighted by Gasteiger charge is -2.38. The van der Waals surface area contributed by atoms with Crippen LogP contribution < -0.4 is 14.4 Å². The summed E-state index contributed by atoms with van der Waals surface area (Å²) in [4.78, 5) is 19.0. The Kier molecular flexibility index (Phi) is 4.38. The highest BCUT2D eigenvalue weighted by Gasteiger charge is 2.32. The number of thiazole rings is 1. The molecule has 0 amide bonds. The zero-order valence-electron chi connectivity index (χ0n) is 14.5. The van der Waals surface area contributed by atoms with E-state index in [1.165, 1.54) is 0 Å². The highest BCUT2D eigenvalue weighted by atomic mass is 32.1. The van der Waals surface area contributed by atoms with E-state index < -0.39 is 0 Å². The lowest BCUT2D eigenvalue weighted by molar-refractivity contribution is 0.0234. The fourth-order valence-electron chi connectivity index (χ4n) is 2.83. The van der Waals surface area contributed by atoms with E-state index >= 15 is 0 Å². The van der Waals surface area contributed by atoms with Crippen molar-refractivity contribution in [1.82, 2.24) is 4.98 Å². The number of nitrogens with zero attached hydrogens (tertiary/aromatic N) is 2. The van der Waals surface area contributed by atoms with E-state index in [0.717, 1.165) is 21.1 Å². The second-order valence-electron chi connectivity index (χ2n) is 5.96. The molecule has 0 atom stereocenters. The Hall–Kier alpha value is -2.80. The Morgan fingerprint density at radius 1 is 1.12 bits per heavy atom. The van der Waals surface area contributed by atoms with Gasteiger partial charge in [-0.05, 0) is 36.4 Å². The number of esters is 1. The standard InChI is InChI=1S/C19H18N2O4S/c1-23-13-8-6-12(7-9-13)18(22)25-14-10-21(11-14)19-20-17-15(24-2)4-3-5-16(17)26-19/h3-9,14H,10-11H2,1-2H3. The monoisotopic (exact) mass is 370 g/mol. The third-order valence-electron chi connectivity index (χ3n) is 4.31. The number of aromatic nitrogens is 1. The fraction of sp³-hybridized carbons (Fsp3) is 0.263. The molecule has 0 saturated carbocycles. The van der Waals surface area contributed by atoms with Crippen molar-refractivity contribution in [3.05, 3.63) is 48.0 Å². The van der Waals surface area contributed by atoms with E-state index in [9.17, 15) is 4.79 Å². The van der Waals surface area contributed by atoms with Gasteiger partial charge in [-0.3, -0.25) is 0 Å². The number of carbonyl (C=O) groups is 1. The highest BCUT2D eigenvalue weighted by Crippen LogP contribution is 2.36. The van der Waals surface area contributed by atoms with Crippen molar-refractivity contribution in [3.63, 3.8) is 0 Å². The predicted molar refractivity (Wildman–Crippen MR) is 101 cm³/mol. The van der Waals surface area contributed by atoms with Gasteiger partial charge in [0.15, 0.2) is 5.13 Å². The first-order chi connectivity index (χ1) is 12.7. The number of para-hydroxylation sites is 1. The van der Waals surface area contributed by atoms with Crippen LogP contribution >= 0.6 is 11.3 Å². The first-order valence-corrected chi connectivity index (χ1v) is 9.03. The fourth-order valence-corrected chi connectivity index (χ4v) is 3.83. The molecule has 7 heteroatoms. The summed E-state index contributed by atoms with van der Waals surface area (Å²) in [7, 11) is 3.24. The molecule has 1 aliphatic rings. The summed E-state index contributed by atoms with van der Waals surface area (Å²) < 4.78 is 17.1. The molecule has 0 bridgehead atoms. The van der Waals surface area contributed by atoms with Crippen LogP contribution in [0.25, 0.3) is 10.2 Å². The van der Waals surface area contributed by atoms with Crippen molar-refractivity contribution in [1.29, 1.82) is 0 Å². The van der Waals surface area contributed by atoms with E-state index in [-0.39, 0.29) is 12.1 Å². The minimum atomic E-state index is -0.316. The average molecular weight is 370 g/mol. The summed E-state index contributed by atoms with van der Waals surface area (Å²) in [5.74, 6) is 1.17. The van der Waals surface area contributed by atoms with Gasteiger partial charge >= 0.3 is 5.97 Å². The lowest BCUT2D eigenvalue weighted by atomic mass is 10.1. The molecule has 1 fully saturated rings. The number of fused-ring (bicyclic) bond motifs is 1. The van der Waals surface area contributed by atoms with Crippen LogP contribution in [-0.4, -0.2) is 44.4 Å². The summed E-state index contributed by atoms with van der Waals surface area (Å²) in [6.07, 6.45) is -0.126. The molecule has 3 aromatic rings. The summed E-state index contributed by atoms with van der Waals surface area (Å²) in [6, 6.07) is 12.8. The number of methoxy groups -OCH3 is 2. The second kappa shape index (κ2) is 6.84. The zero-order chi connectivity index (χ0) is 18.1. The minimum Gasteiger partial charge on any atom is -0.497 e. The number of benzene rings is 2. The van der Waals surface area contributed by atoms with Gasteiger partial charge in [0.25, 0.3) is 0 Å². The molecule has 0 N–H and O–H groups in total. The topological polar surface area (TPSA) is 60.9 Å². The van der Waals surface area contributed by atoms with Crippen LogP contribution in [0.5, 0.6) is 11.5 Å². The van der Waals surface area contributed by atoms with Crippen LogP contribution in [0.2, 0.25) is 0 Å². The molecule has 6 nitrogen and oxygen atoms in total. The van der Waals surface area contributed by atoms with Gasteiger partial charge in [0.2, 0.25) is 0 Å². The first-order valence-electron chi connectivity index (χ1n) is 8.21. The van der Waals surface area contributed by atoms with Crippen molar-refractivity contribution < 1.29 is 19.0 Å². The van der Waals surface area contributed by atoms with Gasteiger partial charge in [0.05, 0.1) is 37.6 Å². The maximum Gasteiger partial charge on any atom is 0.338 e. The van der Waals surface area contributed by atoms with E-state index in [1.54, 1.807) is 49.8 Å². The van der Waals surface area contributed by atoms with Gasteiger partial charge in [0.1, 0.15) is 23.1 Å². The van der Waals surface area contributed by atoms with E-state index in [2.05, 4.69) is 9.88 Å². The Morgan fingerprint density at radius 3 is 2.58 bits per heavy atom. The van der Waals surface area contributed by atoms with E-state index in [0.29, 0.717) is 24.4 Å². The average Bonchev–Trinajstić information content (AvgIpc) is 3.07. The maximum absolute atomic E-state index is 12.2. The summed E-state index contributed by atoms with van der Waals surface area (Å²) in [6.45, 7) is 1.29. The van der Waals surface area contributed by atoms with Crippen LogP contribution in [0.1, 0.15) is 10.4 Å². The second-order valence-corrected chi connectivity index (χ2v) is 6.97. The molecule has 1 aromatic heterocycles. The normalized spacial score (nSPS) is 14.2. The van der Waals surface area contributed by atoms with Crippen molar-refractivity contribution in [2.24, 2.45) is 0 Å². The van der Waals surface area contributed by atoms with Crippen molar-refractivity contribution in [2.75, 3.05) is 32.2 Å². The Morgan fingerprint density at radius 2 is 1.88 bits per heavy atom. The van der Waals surface area contributed by atoms with Gasteiger partial charge in [0, 0.05) is 0 Å². The van der Waals surface area contributed by atoms with Crippen molar-refractivity contribution >= 4 is 32.7 Å². The molecule has 134 valence electrons. The molecule has 26 heavy (non-hydrogen) atoms. The molecule has 2 heterocycles. The van der Waals surface area contributed by atoms with E-state index in [1.807, 2.05) is 18.2 Å². The molecule has 0 spiro atoms. The van der Waals surface area contributed by atoms with Gasteiger partial charge in [-0.15, -0.1) is 0 Å². The van der Waals surface area contributed by atoms with E-state index in [4.69, 9.17) is 14.2 Å². The third-order valence-corrected chi connectivity index (χ3v) is 5.39. The molecule has 2 aromatic carbocycles. The van der Waals surface area contributed by atoms with Crippen LogP contribution in [0.15, 0.2) is 42.5 Å². The molecule has 1 aliphatic heterocycles. The molecular weight excluding hydrogens is 352 g/mol. The van der Waals surface area contributed by atoms with Gasteiger partial charge < -0.3 is 19.1 Å². The summed E-state index contributed by atoms with van der Waals surface area (Å²) in [5.41, 5.74) is 1.39. The number of hydrogen-bond donors (Lipinski definition) is 0. The Labute approximate surface area is 154 Å². The molecular formula is C19H18N2O4S. The number of hydrogen-bond acceptors (Lipinski definition) is 7. The Balaban J connectivity index is 1.38. The summed E-state index contributed by atoms with van der Waals surface area (Å²) >= 11 is 1.61. The lowest BCUT2D eigenvalue weighted by Crippen LogP contribution is -2.53. The zero-order valence-corrected chi connectivity index (χ0v) is 15.3. The summed E-state index contributed by atoms with van der Waals surface area (Å²) in [5, 5.41) is 0.918. The van der Waals surface area contributed by atoms with Crippen LogP contribution in [0, 0.1) is 0 Å². The molecule has 4 rings (SSSR count). The molecule has 1 saturated heterocycles. The van der Waals surface area contributed by atoms with Gasteiger partial charge in [-0.1, -0.05) is 17.4 Å². The number of carbonyl (C=O) groups excluding carboxylic acids is 1. The molecule has 0 unspecified atom stereocenters. The number of anilines is 1. The Bertz CT molecular complexity index is 932. The SMILES string of the molecule is COc1ccc(C(=O)OC2CN(c3nc4c(OC)cccc4s3)C2)cc1. The number of ether oxygens (including phenoxy) is 3. The predicted octanol–water partition coefficient (Wildman–Crippen LogP) is 3.36. The highest BCUT2D eigenvalue weighted by molar-refractivity contribution is 7.22. The van der Waals surface area contributed by atoms with Gasteiger partial charge in [-0.2, -0.15) is 0 Å². The molecule has 0 radical (unpaired) electrons. The largest absolute Gasteiger partial charge is 0.497 e. The number of rotatable bonds is 5.